The zero-order chi connectivity index (χ0) is 21.8. The van der Waals surface area contributed by atoms with Gasteiger partial charge in [0.05, 0.1) is 22.9 Å². The molecule has 0 atom stereocenters. The smallest absolute Gasteiger partial charge is 0.337 e. The van der Waals surface area contributed by atoms with E-state index in [0.717, 1.165) is 15.8 Å². The van der Waals surface area contributed by atoms with Crippen molar-refractivity contribution in [3.63, 3.8) is 0 Å². The number of methoxy groups -OCH3 is 1. The van der Waals surface area contributed by atoms with Gasteiger partial charge in [-0.3, -0.25) is 9.59 Å². The summed E-state index contributed by atoms with van der Waals surface area (Å²) in [7, 11) is 1.32. The van der Waals surface area contributed by atoms with Gasteiger partial charge in [-0.2, -0.15) is 5.10 Å². The number of benzene rings is 2. The molecule has 2 aromatic carbocycles. The number of aromatic nitrogens is 2. The molecule has 0 unspecified atom stereocenters. The SMILES string of the molecule is COC(=O)c1ccc(CNC(=O)Cn2nc(-c3cccs3)c3ccccc3c2=O)cc1. The highest BCUT2D eigenvalue weighted by Crippen LogP contribution is 2.28. The van der Waals surface area contributed by atoms with E-state index >= 15 is 0 Å². The summed E-state index contributed by atoms with van der Waals surface area (Å²) in [5.74, 6) is -0.752. The number of carbonyl (C=O) groups excluding carboxylic acids is 2. The molecule has 2 aromatic heterocycles. The van der Waals surface area contributed by atoms with Crippen LogP contribution in [0.4, 0.5) is 0 Å². The van der Waals surface area contributed by atoms with Gasteiger partial charge in [0.15, 0.2) is 0 Å². The molecule has 0 spiro atoms. The van der Waals surface area contributed by atoms with Gasteiger partial charge in [-0.15, -0.1) is 11.3 Å². The van der Waals surface area contributed by atoms with Crippen molar-refractivity contribution >= 4 is 34.0 Å². The van der Waals surface area contributed by atoms with E-state index in [9.17, 15) is 14.4 Å². The topological polar surface area (TPSA) is 90.3 Å². The molecule has 31 heavy (non-hydrogen) atoms. The first kappa shape index (κ1) is 20.5. The number of esters is 1. The highest BCUT2D eigenvalue weighted by atomic mass is 32.1. The standard InChI is InChI=1S/C23H19N3O4S/c1-30-23(29)16-10-8-15(9-11-16)13-24-20(27)14-26-22(28)18-6-3-2-5-17(18)21(25-26)19-7-4-12-31-19/h2-12H,13-14H2,1H3,(H,24,27). The Morgan fingerprint density at radius 3 is 2.45 bits per heavy atom. The van der Waals surface area contributed by atoms with Crippen LogP contribution in [0.5, 0.6) is 0 Å². The van der Waals surface area contributed by atoms with Gasteiger partial charge in [-0.1, -0.05) is 36.4 Å². The maximum Gasteiger partial charge on any atom is 0.337 e. The van der Waals surface area contributed by atoms with Crippen LogP contribution >= 0.6 is 11.3 Å². The lowest BCUT2D eigenvalue weighted by molar-refractivity contribution is -0.122. The van der Waals surface area contributed by atoms with Crippen LogP contribution in [0.3, 0.4) is 0 Å². The summed E-state index contributed by atoms with van der Waals surface area (Å²) < 4.78 is 5.87. The van der Waals surface area contributed by atoms with Gasteiger partial charge in [-0.05, 0) is 35.2 Å². The second kappa shape index (κ2) is 8.93. The van der Waals surface area contributed by atoms with Crippen LogP contribution in [0, 0.1) is 0 Å². The molecule has 7 nitrogen and oxygen atoms in total. The van der Waals surface area contributed by atoms with E-state index in [4.69, 9.17) is 0 Å². The first-order valence-corrected chi connectivity index (χ1v) is 10.4. The third-order valence-electron chi connectivity index (χ3n) is 4.78. The highest BCUT2D eigenvalue weighted by Gasteiger charge is 2.14. The number of nitrogens with zero attached hydrogens (tertiary/aromatic N) is 2. The Labute approximate surface area is 181 Å². The van der Waals surface area contributed by atoms with E-state index in [1.165, 1.54) is 23.1 Å². The predicted octanol–water partition coefficient (Wildman–Crippen LogP) is 3.23. The molecule has 0 bridgehead atoms. The van der Waals surface area contributed by atoms with Crippen LogP contribution < -0.4 is 10.9 Å². The van der Waals surface area contributed by atoms with Crippen molar-refractivity contribution in [1.82, 2.24) is 15.1 Å². The summed E-state index contributed by atoms with van der Waals surface area (Å²) in [6.45, 7) is 0.0721. The molecule has 0 radical (unpaired) electrons. The quantitative estimate of drug-likeness (QED) is 0.472. The van der Waals surface area contributed by atoms with Crippen LogP contribution in [-0.2, 0) is 22.6 Å². The van der Waals surface area contributed by atoms with Crippen molar-refractivity contribution in [1.29, 1.82) is 0 Å². The molecule has 2 heterocycles. The Bertz CT molecular complexity index is 1290. The second-order valence-electron chi connectivity index (χ2n) is 6.80. The molecule has 0 fully saturated rings. The molecule has 0 aliphatic carbocycles. The van der Waals surface area contributed by atoms with Crippen LogP contribution in [-0.4, -0.2) is 28.8 Å². The molecular formula is C23H19N3O4S. The molecule has 0 aliphatic rings. The molecule has 1 amide bonds. The fourth-order valence-corrected chi connectivity index (χ4v) is 3.93. The predicted molar refractivity (Wildman–Crippen MR) is 119 cm³/mol. The monoisotopic (exact) mass is 433 g/mol. The number of hydrogen-bond donors (Lipinski definition) is 1. The number of thiophene rings is 1. The van der Waals surface area contributed by atoms with Gasteiger partial charge in [0.1, 0.15) is 12.2 Å². The maximum atomic E-state index is 12.9. The van der Waals surface area contributed by atoms with Gasteiger partial charge in [0, 0.05) is 11.9 Å². The Morgan fingerprint density at radius 2 is 1.77 bits per heavy atom. The number of fused-ring (bicyclic) bond motifs is 1. The largest absolute Gasteiger partial charge is 0.465 e. The number of amides is 1. The number of rotatable bonds is 6. The van der Waals surface area contributed by atoms with Gasteiger partial charge >= 0.3 is 5.97 Å². The molecule has 8 heteroatoms. The van der Waals surface area contributed by atoms with Crippen molar-refractivity contribution in [2.24, 2.45) is 0 Å². The van der Waals surface area contributed by atoms with Crippen LogP contribution in [0.15, 0.2) is 70.8 Å². The van der Waals surface area contributed by atoms with E-state index in [2.05, 4.69) is 15.2 Å². The third-order valence-corrected chi connectivity index (χ3v) is 5.66. The minimum absolute atomic E-state index is 0.192. The number of hydrogen-bond acceptors (Lipinski definition) is 6. The number of nitrogens with one attached hydrogen (secondary N) is 1. The van der Waals surface area contributed by atoms with Crippen molar-refractivity contribution in [2.75, 3.05) is 7.11 Å². The van der Waals surface area contributed by atoms with Crippen LogP contribution in [0.25, 0.3) is 21.3 Å². The summed E-state index contributed by atoms with van der Waals surface area (Å²) in [6, 6.07) is 17.9. The van der Waals surface area contributed by atoms with E-state index in [-0.39, 0.29) is 24.6 Å². The minimum Gasteiger partial charge on any atom is -0.465 e. The van der Waals surface area contributed by atoms with E-state index < -0.39 is 5.97 Å². The first-order valence-electron chi connectivity index (χ1n) is 9.54. The molecule has 156 valence electrons. The number of ether oxygens (including phenoxy) is 1. The molecule has 4 rings (SSSR count). The maximum absolute atomic E-state index is 12.9. The Balaban J connectivity index is 1.53. The summed E-state index contributed by atoms with van der Waals surface area (Å²) in [6.07, 6.45) is 0. The van der Waals surface area contributed by atoms with Crippen molar-refractivity contribution in [2.45, 2.75) is 13.1 Å². The Kier molecular flexibility index (Phi) is 5.90. The Hall–Kier alpha value is -3.78. The normalized spacial score (nSPS) is 10.7. The molecule has 0 saturated carbocycles. The van der Waals surface area contributed by atoms with E-state index in [0.29, 0.717) is 16.6 Å². The van der Waals surface area contributed by atoms with Gasteiger partial charge in [-0.25, -0.2) is 9.48 Å². The van der Waals surface area contributed by atoms with Crippen molar-refractivity contribution < 1.29 is 14.3 Å². The van der Waals surface area contributed by atoms with Crippen LogP contribution in [0.2, 0.25) is 0 Å². The highest BCUT2D eigenvalue weighted by molar-refractivity contribution is 7.13. The minimum atomic E-state index is -0.418. The molecule has 0 aliphatic heterocycles. The lowest BCUT2D eigenvalue weighted by Gasteiger charge is -2.11. The molecule has 1 N–H and O–H groups in total. The first-order chi connectivity index (χ1) is 15.1. The second-order valence-corrected chi connectivity index (χ2v) is 7.75. The summed E-state index contributed by atoms with van der Waals surface area (Å²) in [5, 5.41) is 10.5. The summed E-state index contributed by atoms with van der Waals surface area (Å²) in [5.41, 5.74) is 1.62. The third kappa shape index (κ3) is 4.39. The Morgan fingerprint density at radius 1 is 1.03 bits per heavy atom. The molecular weight excluding hydrogens is 414 g/mol. The van der Waals surface area contributed by atoms with E-state index in [1.807, 2.05) is 29.6 Å². The number of carbonyl (C=O) groups is 2. The average Bonchev–Trinajstić information content (AvgIpc) is 3.34. The fourth-order valence-electron chi connectivity index (χ4n) is 3.21. The summed E-state index contributed by atoms with van der Waals surface area (Å²) >= 11 is 1.53. The zero-order valence-corrected chi connectivity index (χ0v) is 17.5. The van der Waals surface area contributed by atoms with Crippen molar-refractivity contribution in [3.8, 4) is 10.6 Å². The van der Waals surface area contributed by atoms with Gasteiger partial charge < -0.3 is 10.1 Å². The average molecular weight is 433 g/mol. The van der Waals surface area contributed by atoms with Gasteiger partial charge in [0.2, 0.25) is 5.91 Å². The van der Waals surface area contributed by atoms with Crippen LogP contribution in [0.1, 0.15) is 15.9 Å². The van der Waals surface area contributed by atoms with Gasteiger partial charge in [0.25, 0.3) is 5.56 Å². The lowest BCUT2D eigenvalue weighted by Crippen LogP contribution is -2.33. The fraction of sp³-hybridized carbons (Fsp3) is 0.130. The zero-order valence-electron chi connectivity index (χ0n) is 16.7. The lowest BCUT2D eigenvalue weighted by atomic mass is 10.1. The van der Waals surface area contributed by atoms with Crippen molar-refractivity contribution in [3.05, 3.63) is 87.5 Å². The molecule has 0 saturated heterocycles. The van der Waals surface area contributed by atoms with E-state index in [1.54, 1.807) is 36.4 Å². The molecule has 4 aromatic rings. The summed E-state index contributed by atoms with van der Waals surface area (Å²) in [4.78, 5) is 37.8.